The molecule has 0 radical (unpaired) electrons. The number of halogens is 2. The lowest BCUT2D eigenvalue weighted by Gasteiger charge is -2.38. The Kier molecular flexibility index (Phi) is 8.04. The van der Waals surface area contributed by atoms with Gasteiger partial charge >= 0.3 is 0 Å². The van der Waals surface area contributed by atoms with Crippen LogP contribution < -0.4 is 20.1 Å². The van der Waals surface area contributed by atoms with Crippen molar-refractivity contribution in [3.8, 4) is 22.6 Å². The molecule has 2 heterocycles. The average Bonchev–Trinajstić information content (AvgIpc) is 2.89. The maximum absolute atomic E-state index is 12.0. The molecule has 2 aromatic carbocycles. The second kappa shape index (κ2) is 11.2. The number of benzene rings is 2. The van der Waals surface area contributed by atoms with Crippen molar-refractivity contribution in [2.24, 2.45) is 0 Å². The van der Waals surface area contributed by atoms with Crippen molar-refractivity contribution in [3.05, 3.63) is 53.2 Å². The summed E-state index contributed by atoms with van der Waals surface area (Å²) in [5.74, 6) is 0.965. The third kappa shape index (κ3) is 5.57. The van der Waals surface area contributed by atoms with Gasteiger partial charge in [-0.05, 0) is 30.2 Å². The zero-order valence-electron chi connectivity index (χ0n) is 20.7. The molecule has 11 heteroatoms. The number of carbonyl (C=O) groups excluding carboxylic acids is 2. The summed E-state index contributed by atoms with van der Waals surface area (Å²) in [5, 5.41) is 7.74. The highest BCUT2D eigenvalue weighted by molar-refractivity contribution is 6.41. The molecule has 2 atom stereocenters. The Labute approximate surface area is 224 Å². The van der Waals surface area contributed by atoms with Crippen LogP contribution in [0.4, 0.5) is 5.95 Å². The number of piperidine rings is 1. The number of fused-ring (bicyclic) bond motifs is 1. The number of nitrogens with zero attached hydrogens (tertiary/aromatic N) is 3. The Bertz CT molecular complexity index is 1340. The summed E-state index contributed by atoms with van der Waals surface area (Å²) in [6.45, 7) is 5.98. The number of methoxy groups -OCH3 is 2. The molecular weight excluding hydrogens is 517 g/mol. The van der Waals surface area contributed by atoms with Gasteiger partial charge in [0.2, 0.25) is 17.8 Å². The van der Waals surface area contributed by atoms with Gasteiger partial charge in [-0.3, -0.25) is 9.59 Å². The predicted molar refractivity (Wildman–Crippen MR) is 145 cm³/mol. The fourth-order valence-corrected chi connectivity index (χ4v) is 5.08. The van der Waals surface area contributed by atoms with E-state index < -0.39 is 0 Å². The molecule has 0 saturated carbocycles. The number of ether oxygens (including phenoxy) is 2. The number of nitrogens with one attached hydrogen (secondary N) is 2. The molecule has 194 valence electrons. The van der Waals surface area contributed by atoms with Gasteiger partial charge in [0.1, 0.15) is 11.5 Å². The molecule has 0 spiro atoms. The lowest BCUT2D eigenvalue weighted by atomic mass is 9.99. The summed E-state index contributed by atoms with van der Waals surface area (Å²) < 4.78 is 10.8. The molecule has 1 aliphatic heterocycles. The molecule has 9 nitrogen and oxygen atoms in total. The van der Waals surface area contributed by atoms with Crippen LogP contribution in [0.5, 0.6) is 11.5 Å². The van der Waals surface area contributed by atoms with Crippen LogP contribution in [-0.4, -0.2) is 66.1 Å². The van der Waals surface area contributed by atoms with Gasteiger partial charge in [0.25, 0.3) is 0 Å². The molecule has 4 rings (SSSR count). The van der Waals surface area contributed by atoms with Gasteiger partial charge in [-0.1, -0.05) is 35.8 Å². The van der Waals surface area contributed by atoms with E-state index in [0.29, 0.717) is 58.1 Å². The van der Waals surface area contributed by atoms with Crippen LogP contribution >= 0.6 is 23.2 Å². The molecule has 1 fully saturated rings. The van der Waals surface area contributed by atoms with Crippen molar-refractivity contribution in [3.63, 3.8) is 0 Å². The minimum absolute atomic E-state index is 0.0390. The van der Waals surface area contributed by atoms with E-state index in [2.05, 4.69) is 27.2 Å². The lowest BCUT2D eigenvalue weighted by molar-refractivity contribution is -0.131. The molecule has 1 aliphatic rings. The van der Waals surface area contributed by atoms with Gasteiger partial charge in [0.15, 0.2) is 0 Å². The van der Waals surface area contributed by atoms with Gasteiger partial charge in [0.05, 0.1) is 41.9 Å². The highest BCUT2D eigenvalue weighted by atomic mass is 35.5. The van der Waals surface area contributed by atoms with E-state index >= 15 is 0 Å². The van der Waals surface area contributed by atoms with E-state index in [9.17, 15) is 9.59 Å². The van der Waals surface area contributed by atoms with Gasteiger partial charge < -0.3 is 25.0 Å². The van der Waals surface area contributed by atoms with E-state index in [0.717, 1.165) is 10.9 Å². The Morgan fingerprint density at radius 2 is 1.84 bits per heavy atom. The van der Waals surface area contributed by atoms with Crippen LogP contribution in [0.15, 0.2) is 43.1 Å². The number of carbonyl (C=O) groups is 2. The lowest BCUT2D eigenvalue weighted by Crippen LogP contribution is -2.58. The summed E-state index contributed by atoms with van der Waals surface area (Å²) in [6.07, 6.45) is 3.54. The first kappa shape index (κ1) is 26.5. The molecule has 1 saturated heterocycles. The Morgan fingerprint density at radius 1 is 1.14 bits per heavy atom. The normalized spacial score (nSPS) is 17.3. The van der Waals surface area contributed by atoms with E-state index in [1.54, 1.807) is 17.2 Å². The molecule has 1 aromatic heterocycles. The highest BCUT2D eigenvalue weighted by Gasteiger charge is 2.31. The summed E-state index contributed by atoms with van der Waals surface area (Å²) in [7, 11) is 3.05. The zero-order valence-corrected chi connectivity index (χ0v) is 22.2. The number of hydrogen-bond donors (Lipinski definition) is 2. The van der Waals surface area contributed by atoms with Crippen molar-refractivity contribution >= 4 is 51.9 Å². The summed E-state index contributed by atoms with van der Waals surface area (Å²) in [4.78, 5) is 34.7. The monoisotopic (exact) mass is 543 g/mol. The molecule has 2 unspecified atom stereocenters. The van der Waals surface area contributed by atoms with Crippen LogP contribution in [-0.2, 0) is 9.59 Å². The zero-order chi connectivity index (χ0) is 26.7. The van der Waals surface area contributed by atoms with E-state index in [1.807, 2.05) is 18.2 Å². The third-order valence-corrected chi connectivity index (χ3v) is 7.08. The van der Waals surface area contributed by atoms with Gasteiger partial charge in [0, 0.05) is 43.2 Å². The van der Waals surface area contributed by atoms with Gasteiger partial charge in [-0.25, -0.2) is 9.97 Å². The fraction of sp³-hybridized carbons (Fsp3) is 0.308. The van der Waals surface area contributed by atoms with Crippen molar-refractivity contribution in [2.75, 3.05) is 32.6 Å². The van der Waals surface area contributed by atoms with Crippen molar-refractivity contribution in [1.82, 2.24) is 20.2 Å². The smallest absolute Gasteiger partial charge is 0.243 e. The minimum atomic E-state index is -0.322. The summed E-state index contributed by atoms with van der Waals surface area (Å²) in [6, 6.07) is 6.76. The predicted octanol–water partition coefficient (Wildman–Crippen LogP) is 4.32. The quantitative estimate of drug-likeness (QED) is 0.427. The van der Waals surface area contributed by atoms with E-state index in [4.69, 9.17) is 32.7 Å². The van der Waals surface area contributed by atoms with Crippen molar-refractivity contribution in [1.29, 1.82) is 0 Å². The number of likely N-dealkylation sites (tertiary alicyclic amines) is 1. The van der Waals surface area contributed by atoms with Crippen LogP contribution in [0, 0.1) is 0 Å². The molecule has 2 N–H and O–H groups in total. The largest absolute Gasteiger partial charge is 0.495 e. The standard InChI is InChI=1S/C26H27Cl2N5O4/c1-5-22(35)30-19-13-33(14(2)34)9-8-18(19)32-26-29-12-16-10-15(6-7-17(16)31-26)23-24(27)20(36-3)11-21(37-4)25(23)28/h5-7,10-12,18-19H,1,8-9,13H2,2-4H3,(H,30,35)(H,29,31,32). The van der Waals surface area contributed by atoms with E-state index in [1.165, 1.54) is 27.2 Å². The first-order valence-corrected chi connectivity index (χ1v) is 12.3. The maximum Gasteiger partial charge on any atom is 0.243 e. The van der Waals surface area contributed by atoms with Crippen LogP contribution in [0.25, 0.3) is 22.0 Å². The Morgan fingerprint density at radius 3 is 2.46 bits per heavy atom. The van der Waals surface area contributed by atoms with Crippen LogP contribution in [0.3, 0.4) is 0 Å². The van der Waals surface area contributed by atoms with Crippen molar-refractivity contribution in [2.45, 2.75) is 25.4 Å². The number of rotatable bonds is 7. The number of anilines is 1. The Hall–Kier alpha value is -3.56. The third-order valence-electron chi connectivity index (χ3n) is 6.33. The molecule has 2 amide bonds. The van der Waals surface area contributed by atoms with E-state index in [-0.39, 0.29) is 23.9 Å². The number of aromatic nitrogens is 2. The van der Waals surface area contributed by atoms with Crippen LogP contribution in [0.2, 0.25) is 10.0 Å². The summed E-state index contributed by atoms with van der Waals surface area (Å²) >= 11 is 13.2. The molecular formula is C26H27Cl2N5O4. The molecule has 0 aliphatic carbocycles. The second-order valence-electron chi connectivity index (χ2n) is 8.58. The van der Waals surface area contributed by atoms with Crippen LogP contribution in [0.1, 0.15) is 13.3 Å². The average molecular weight is 544 g/mol. The maximum atomic E-state index is 12.0. The first-order chi connectivity index (χ1) is 17.7. The highest BCUT2D eigenvalue weighted by Crippen LogP contribution is 2.46. The number of amides is 2. The fourth-order valence-electron chi connectivity index (χ4n) is 4.36. The number of hydrogen-bond acceptors (Lipinski definition) is 7. The van der Waals surface area contributed by atoms with Crippen molar-refractivity contribution < 1.29 is 19.1 Å². The first-order valence-electron chi connectivity index (χ1n) is 11.6. The van der Waals surface area contributed by atoms with Gasteiger partial charge in [-0.2, -0.15) is 0 Å². The Balaban J connectivity index is 1.62. The molecule has 3 aromatic rings. The minimum Gasteiger partial charge on any atom is -0.495 e. The summed E-state index contributed by atoms with van der Waals surface area (Å²) in [5.41, 5.74) is 2.05. The molecule has 0 bridgehead atoms. The second-order valence-corrected chi connectivity index (χ2v) is 9.33. The topological polar surface area (TPSA) is 106 Å². The SMILES string of the molecule is C=CC(=O)NC1CN(C(C)=O)CCC1Nc1ncc2cc(-c3c(Cl)c(OC)cc(OC)c3Cl)ccc2n1. The molecule has 37 heavy (non-hydrogen) atoms. The van der Waals surface area contributed by atoms with Gasteiger partial charge in [-0.15, -0.1) is 0 Å².